The van der Waals surface area contributed by atoms with E-state index in [-0.39, 0.29) is 0 Å². The van der Waals surface area contributed by atoms with Crippen molar-refractivity contribution in [3.8, 4) is 5.75 Å². The lowest BCUT2D eigenvalue weighted by Gasteiger charge is -2.04. The van der Waals surface area contributed by atoms with E-state index in [4.69, 9.17) is 20.8 Å². The molecule has 0 bridgehead atoms. The van der Waals surface area contributed by atoms with Crippen molar-refractivity contribution >= 4 is 46.2 Å². The zero-order valence-electron chi connectivity index (χ0n) is 13.1. The maximum Gasteiger partial charge on any atom is 0.220 e. The molecule has 2 aromatic heterocycles. The number of ether oxygens (including phenoxy) is 1. The lowest BCUT2D eigenvalue weighted by Crippen LogP contribution is -1.94. The molecule has 0 saturated carbocycles. The van der Waals surface area contributed by atoms with Crippen LogP contribution in [-0.4, -0.2) is 9.97 Å². The van der Waals surface area contributed by atoms with Gasteiger partial charge in [0, 0.05) is 16.5 Å². The summed E-state index contributed by atoms with van der Waals surface area (Å²) in [7, 11) is 0. The van der Waals surface area contributed by atoms with Crippen molar-refractivity contribution in [2.75, 3.05) is 0 Å². The van der Waals surface area contributed by atoms with Gasteiger partial charge in [0.05, 0.1) is 11.2 Å². The summed E-state index contributed by atoms with van der Waals surface area (Å²) in [6.07, 6.45) is 3.77. The SMILES string of the molecule is Clc1ccc2oc(/C=C/c3ccc(OCc4cscn4)cc3)nc2c1. The highest BCUT2D eigenvalue weighted by molar-refractivity contribution is 7.07. The van der Waals surface area contributed by atoms with Crippen molar-refractivity contribution in [1.82, 2.24) is 9.97 Å². The van der Waals surface area contributed by atoms with E-state index >= 15 is 0 Å². The Labute approximate surface area is 153 Å². The number of hydrogen-bond acceptors (Lipinski definition) is 5. The molecule has 25 heavy (non-hydrogen) atoms. The topological polar surface area (TPSA) is 48.2 Å². The first-order valence-electron chi connectivity index (χ1n) is 7.60. The molecular weight excluding hydrogens is 356 g/mol. The van der Waals surface area contributed by atoms with E-state index in [1.165, 1.54) is 0 Å². The number of nitrogens with zero attached hydrogens (tertiary/aromatic N) is 2. The van der Waals surface area contributed by atoms with Crippen molar-refractivity contribution in [1.29, 1.82) is 0 Å². The fourth-order valence-corrected chi connectivity index (χ4v) is 3.01. The lowest BCUT2D eigenvalue weighted by molar-refractivity contribution is 0.302. The maximum atomic E-state index is 5.96. The Morgan fingerprint density at radius 2 is 2.00 bits per heavy atom. The Kier molecular flexibility index (Phi) is 4.50. The Bertz CT molecular complexity index is 1010. The van der Waals surface area contributed by atoms with Crippen LogP contribution < -0.4 is 4.74 Å². The second-order valence-corrected chi connectivity index (χ2v) is 6.49. The monoisotopic (exact) mass is 368 g/mol. The van der Waals surface area contributed by atoms with Crippen molar-refractivity contribution < 1.29 is 9.15 Å². The minimum Gasteiger partial charge on any atom is -0.487 e. The van der Waals surface area contributed by atoms with Gasteiger partial charge in [-0.15, -0.1) is 11.3 Å². The summed E-state index contributed by atoms with van der Waals surface area (Å²) >= 11 is 7.52. The predicted octanol–water partition coefficient (Wildman–Crippen LogP) is 5.69. The van der Waals surface area contributed by atoms with E-state index in [0.717, 1.165) is 28.1 Å². The Morgan fingerprint density at radius 1 is 1.12 bits per heavy atom. The summed E-state index contributed by atoms with van der Waals surface area (Å²) in [6.45, 7) is 0.476. The number of halogens is 1. The standard InChI is InChI=1S/C19H13ClN2O2S/c20-14-4-7-18-17(9-14)22-19(24-18)8-3-13-1-5-16(6-2-13)23-10-15-11-25-12-21-15/h1-9,11-12H,10H2/b8-3+. The summed E-state index contributed by atoms with van der Waals surface area (Å²) in [6, 6.07) is 13.2. The number of oxazole rings is 1. The van der Waals surface area contributed by atoms with Crippen LogP contribution in [0.5, 0.6) is 5.75 Å². The van der Waals surface area contributed by atoms with Crippen LogP contribution >= 0.6 is 22.9 Å². The molecule has 4 aromatic rings. The quantitative estimate of drug-likeness (QED) is 0.454. The highest BCUT2D eigenvalue weighted by Gasteiger charge is 2.03. The highest BCUT2D eigenvalue weighted by atomic mass is 35.5. The molecule has 0 unspecified atom stereocenters. The first kappa shape index (κ1) is 15.9. The number of thiazole rings is 1. The summed E-state index contributed by atoms with van der Waals surface area (Å²) in [5, 5.41) is 2.62. The lowest BCUT2D eigenvalue weighted by atomic mass is 10.2. The fraction of sp³-hybridized carbons (Fsp3) is 0.0526. The van der Waals surface area contributed by atoms with Crippen LogP contribution in [0.1, 0.15) is 17.1 Å². The summed E-state index contributed by atoms with van der Waals surface area (Å²) in [5.74, 6) is 1.35. The normalized spacial score (nSPS) is 11.4. The van der Waals surface area contributed by atoms with Crippen LogP contribution in [0.2, 0.25) is 5.02 Å². The van der Waals surface area contributed by atoms with Gasteiger partial charge in [0.15, 0.2) is 5.58 Å². The predicted molar refractivity (Wildman–Crippen MR) is 101 cm³/mol. The average molecular weight is 369 g/mol. The number of rotatable bonds is 5. The molecule has 0 aliphatic rings. The third kappa shape index (κ3) is 3.90. The number of aromatic nitrogens is 2. The van der Waals surface area contributed by atoms with E-state index in [2.05, 4.69) is 9.97 Å². The third-order valence-corrected chi connectivity index (χ3v) is 4.41. The molecule has 0 fully saturated rings. The smallest absolute Gasteiger partial charge is 0.220 e. The molecule has 0 N–H and O–H groups in total. The molecule has 2 heterocycles. The average Bonchev–Trinajstić information content (AvgIpc) is 3.28. The van der Waals surface area contributed by atoms with Crippen LogP contribution in [0.15, 0.2) is 57.8 Å². The van der Waals surface area contributed by atoms with Gasteiger partial charge >= 0.3 is 0 Å². The van der Waals surface area contributed by atoms with Crippen LogP contribution in [0.4, 0.5) is 0 Å². The van der Waals surface area contributed by atoms with Gasteiger partial charge in [-0.05, 0) is 42.0 Å². The number of hydrogen-bond donors (Lipinski definition) is 0. The Morgan fingerprint density at radius 3 is 2.80 bits per heavy atom. The highest BCUT2D eigenvalue weighted by Crippen LogP contribution is 2.21. The maximum absolute atomic E-state index is 5.96. The zero-order chi connectivity index (χ0) is 17.1. The van der Waals surface area contributed by atoms with Gasteiger partial charge in [-0.2, -0.15) is 0 Å². The largest absolute Gasteiger partial charge is 0.487 e. The van der Waals surface area contributed by atoms with Gasteiger partial charge in [-0.25, -0.2) is 9.97 Å². The summed E-state index contributed by atoms with van der Waals surface area (Å²) in [4.78, 5) is 8.59. The molecule has 2 aromatic carbocycles. The van der Waals surface area contributed by atoms with Crippen molar-refractivity contribution in [3.63, 3.8) is 0 Å². The molecule has 0 spiro atoms. The number of fused-ring (bicyclic) bond motifs is 1. The molecule has 0 aliphatic heterocycles. The molecule has 0 atom stereocenters. The number of benzene rings is 2. The van der Waals surface area contributed by atoms with Crippen LogP contribution in [-0.2, 0) is 6.61 Å². The third-order valence-electron chi connectivity index (χ3n) is 3.53. The van der Waals surface area contributed by atoms with Gasteiger partial charge in [0.1, 0.15) is 17.9 Å². The Balaban J connectivity index is 1.43. The van der Waals surface area contributed by atoms with Crippen molar-refractivity contribution in [3.05, 3.63) is 75.5 Å². The molecule has 0 amide bonds. The molecule has 0 saturated heterocycles. The van der Waals surface area contributed by atoms with E-state index in [1.807, 2.05) is 47.9 Å². The van der Waals surface area contributed by atoms with Crippen LogP contribution in [0.3, 0.4) is 0 Å². The second kappa shape index (κ2) is 7.09. The van der Waals surface area contributed by atoms with E-state index in [1.54, 1.807) is 29.0 Å². The van der Waals surface area contributed by atoms with Gasteiger partial charge in [0.2, 0.25) is 5.89 Å². The minimum atomic E-state index is 0.476. The molecule has 6 heteroatoms. The zero-order valence-corrected chi connectivity index (χ0v) is 14.6. The van der Waals surface area contributed by atoms with Gasteiger partial charge in [-0.3, -0.25) is 0 Å². The fourth-order valence-electron chi connectivity index (χ4n) is 2.30. The first-order chi connectivity index (χ1) is 12.3. The first-order valence-corrected chi connectivity index (χ1v) is 8.92. The van der Waals surface area contributed by atoms with E-state index < -0.39 is 0 Å². The van der Waals surface area contributed by atoms with Gasteiger partial charge in [0.25, 0.3) is 0 Å². The van der Waals surface area contributed by atoms with E-state index in [9.17, 15) is 0 Å². The van der Waals surface area contributed by atoms with Crippen LogP contribution in [0.25, 0.3) is 23.3 Å². The van der Waals surface area contributed by atoms with Crippen molar-refractivity contribution in [2.24, 2.45) is 0 Å². The molecule has 4 nitrogen and oxygen atoms in total. The minimum absolute atomic E-state index is 0.476. The van der Waals surface area contributed by atoms with E-state index in [0.29, 0.717) is 17.5 Å². The van der Waals surface area contributed by atoms with Crippen LogP contribution in [0, 0.1) is 0 Å². The van der Waals surface area contributed by atoms with Gasteiger partial charge < -0.3 is 9.15 Å². The Hall–Kier alpha value is -2.63. The summed E-state index contributed by atoms with van der Waals surface area (Å²) in [5.41, 5.74) is 5.23. The molecule has 124 valence electrons. The molecular formula is C19H13ClN2O2S. The van der Waals surface area contributed by atoms with Gasteiger partial charge in [-0.1, -0.05) is 23.7 Å². The molecule has 4 rings (SSSR count). The second-order valence-electron chi connectivity index (χ2n) is 5.33. The van der Waals surface area contributed by atoms with Crippen molar-refractivity contribution in [2.45, 2.75) is 6.61 Å². The summed E-state index contributed by atoms with van der Waals surface area (Å²) < 4.78 is 11.4. The molecule has 0 aliphatic carbocycles. The molecule has 0 radical (unpaired) electrons.